The maximum Gasteiger partial charge on any atom is 0.177 e. The average molecular weight is 221 g/mol. The van der Waals surface area contributed by atoms with Crippen molar-refractivity contribution in [1.29, 1.82) is 0 Å². The monoisotopic (exact) mass is 221 g/mol. The summed E-state index contributed by atoms with van der Waals surface area (Å²) in [6.45, 7) is 0. The molecule has 0 aromatic carbocycles. The lowest BCUT2D eigenvalue weighted by Crippen LogP contribution is -1.99. The zero-order valence-electron chi connectivity index (χ0n) is 4.10. The molecule has 2 nitrogen and oxygen atoms in total. The first-order valence-corrected chi connectivity index (χ1v) is 3.29. The Morgan fingerprint density at radius 2 is 2.50 bits per heavy atom. The van der Waals surface area contributed by atoms with Gasteiger partial charge in [-0.1, -0.05) is 0 Å². The number of hydrogen-bond acceptors (Lipinski definition) is 2. The van der Waals surface area contributed by atoms with Gasteiger partial charge in [-0.2, -0.15) is 0 Å². The molecule has 0 amide bonds. The fraction of sp³-hybridized carbons (Fsp3) is 0.200. The van der Waals surface area contributed by atoms with Gasteiger partial charge in [-0.3, -0.25) is 4.79 Å². The molecule has 0 bridgehead atoms. The number of carbonyl (C=O) groups is 1. The van der Waals surface area contributed by atoms with E-state index in [0.29, 0.717) is 6.42 Å². The maximum atomic E-state index is 10.4. The molecular formula is C5H4INO. The summed E-state index contributed by atoms with van der Waals surface area (Å²) in [4.78, 5) is 14.2. The number of carbonyl (C=O) groups excluding carboxylic acids is 1. The summed E-state index contributed by atoms with van der Waals surface area (Å²) in [5, 5.41) is 0. The Bertz CT molecular complexity index is 169. The molecule has 0 saturated heterocycles. The first kappa shape index (κ1) is 5.94. The summed E-state index contributed by atoms with van der Waals surface area (Å²) in [6.07, 6.45) is 3.69. The highest BCUT2D eigenvalue weighted by molar-refractivity contribution is 14.1. The van der Waals surface area contributed by atoms with E-state index in [9.17, 15) is 4.79 Å². The van der Waals surface area contributed by atoms with Gasteiger partial charge in [-0.05, 0) is 28.7 Å². The number of ketones is 1. The van der Waals surface area contributed by atoms with Gasteiger partial charge < -0.3 is 0 Å². The number of rotatable bonds is 0. The molecule has 0 radical (unpaired) electrons. The fourth-order valence-corrected chi connectivity index (χ4v) is 0.783. The molecule has 0 unspecified atom stereocenters. The Morgan fingerprint density at radius 1 is 1.75 bits per heavy atom. The number of halogens is 1. The van der Waals surface area contributed by atoms with Gasteiger partial charge in [0.1, 0.15) is 0 Å². The van der Waals surface area contributed by atoms with Crippen molar-refractivity contribution in [3.05, 3.63) is 9.78 Å². The Balaban J connectivity index is 2.71. The lowest BCUT2D eigenvalue weighted by Gasteiger charge is -1.94. The highest BCUT2D eigenvalue weighted by Crippen LogP contribution is 2.10. The van der Waals surface area contributed by atoms with Gasteiger partial charge in [-0.15, -0.1) is 0 Å². The minimum absolute atomic E-state index is 0.0883. The van der Waals surface area contributed by atoms with Crippen LogP contribution in [0.15, 0.2) is 14.8 Å². The number of Topliss-reactive ketones (excluding diaryl/α,β-unsaturated/α-hetero) is 1. The lowest BCUT2D eigenvalue weighted by molar-refractivity contribution is -0.111. The van der Waals surface area contributed by atoms with Crippen molar-refractivity contribution in [3.63, 3.8) is 0 Å². The predicted molar refractivity (Wildman–Crippen MR) is 40.2 cm³/mol. The van der Waals surface area contributed by atoms with Crippen LogP contribution in [0.5, 0.6) is 0 Å². The summed E-state index contributed by atoms with van der Waals surface area (Å²) in [5.41, 5.74) is 0. The van der Waals surface area contributed by atoms with Gasteiger partial charge in [0, 0.05) is 6.42 Å². The van der Waals surface area contributed by atoms with E-state index >= 15 is 0 Å². The molecule has 1 aliphatic heterocycles. The van der Waals surface area contributed by atoms with Gasteiger partial charge in [0.15, 0.2) is 5.78 Å². The smallest absolute Gasteiger partial charge is 0.177 e. The minimum Gasteiger partial charge on any atom is -0.293 e. The molecule has 0 saturated carbocycles. The second-order valence-electron chi connectivity index (χ2n) is 1.46. The molecule has 0 spiro atoms. The zero-order chi connectivity index (χ0) is 5.98. The zero-order valence-corrected chi connectivity index (χ0v) is 6.25. The van der Waals surface area contributed by atoms with Crippen LogP contribution in [0.25, 0.3) is 0 Å². The van der Waals surface area contributed by atoms with E-state index in [0.717, 1.165) is 3.70 Å². The molecule has 0 atom stereocenters. The van der Waals surface area contributed by atoms with Crippen LogP contribution in [0.4, 0.5) is 0 Å². The van der Waals surface area contributed by atoms with Gasteiger partial charge in [0.05, 0.1) is 9.92 Å². The van der Waals surface area contributed by atoms with Crippen molar-refractivity contribution in [2.45, 2.75) is 6.42 Å². The molecule has 0 aromatic heterocycles. The van der Waals surface area contributed by atoms with E-state index in [1.54, 1.807) is 0 Å². The summed E-state index contributed by atoms with van der Waals surface area (Å²) in [6, 6.07) is 0. The number of nitrogens with zero attached hydrogens (tertiary/aromatic N) is 1. The number of hydrogen-bond donors (Lipinski definition) is 0. The van der Waals surface area contributed by atoms with Crippen molar-refractivity contribution >= 4 is 34.6 Å². The Morgan fingerprint density at radius 3 is 2.88 bits per heavy atom. The standard InChI is InChI=1S/C5H4INO/c6-5-2-1-4(8)3-7-5/h2-3H,1H2. The molecule has 1 rings (SSSR count). The molecule has 1 heterocycles. The van der Waals surface area contributed by atoms with Crippen LogP contribution >= 0.6 is 22.6 Å². The highest BCUT2D eigenvalue weighted by atomic mass is 127. The quantitative estimate of drug-likeness (QED) is 0.447. The van der Waals surface area contributed by atoms with Crippen molar-refractivity contribution in [2.75, 3.05) is 0 Å². The SMILES string of the molecule is O=C1C=NC(I)=CC1. The average Bonchev–Trinajstić information content (AvgIpc) is 1.77. The Hall–Kier alpha value is -0.190. The molecule has 0 aromatic rings. The normalized spacial score (nSPS) is 18.6. The molecule has 42 valence electrons. The van der Waals surface area contributed by atoms with E-state index in [-0.39, 0.29) is 5.78 Å². The van der Waals surface area contributed by atoms with Crippen molar-refractivity contribution in [1.82, 2.24) is 0 Å². The molecule has 0 N–H and O–H groups in total. The fourth-order valence-electron chi connectivity index (χ4n) is 0.424. The first-order chi connectivity index (χ1) is 3.79. The van der Waals surface area contributed by atoms with E-state index in [4.69, 9.17) is 0 Å². The van der Waals surface area contributed by atoms with Crippen LogP contribution < -0.4 is 0 Å². The number of aliphatic imine (C=N–C) groups is 1. The third-order valence-corrected chi connectivity index (χ3v) is 1.52. The Kier molecular flexibility index (Phi) is 1.77. The summed E-state index contributed by atoms with van der Waals surface area (Å²) in [5.74, 6) is 0.0883. The van der Waals surface area contributed by atoms with Crippen molar-refractivity contribution < 1.29 is 4.79 Å². The second kappa shape index (κ2) is 2.39. The third kappa shape index (κ3) is 1.40. The number of allylic oxidation sites excluding steroid dienone is 1. The second-order valence-corrected chi connectivity index (χ2v) is 2.56. The lowest BCUT2D eigenvalue weighted by atomic mass is 10.3. The van der Waals surface area contributed by atoms with E-state index in [1.807, 2.05) is 6.08 Å². The predicted octanol–water partition coefficient (Wildman–Crippen LogP) is 1.31. The Labute approximate surface area is 60.8 Å². The topological polar surface area (TPSA) is 29.4 Å². The van der Waals surface area contributed by atoms with Crippen LogP contribution in [0.2, 0.25) is 0 Å². The van der Waals surface area contributed by atoms with Crippen LogP contribution in [0.1, 0.15) is 6.42 Å². The van der Waals surface area contributed by atoms with Gasteiger partial charge in [0.25, 0.3) is 0 Å². The third-order valence-electron chi connectivity index (χ3n) is 0.804. The van der Waals surface area contributed by atoms with Crippen molar-refractivity contribution in [2.24, 2.45) is 4.99 Å². The summed E-state index contributed by atoms with van der Waals surface area (Å²) in [7, 11) is 0. The van der Waals surface area contributed by atoms with Gasteiger partial charge in [0.2, 0.25) is 0 Å². The van der Waals surface area contributed by atoms with Gasteiger partial charge >= 0.3 is 0 Å². The molecule has 1 aliphatic rings. The molecule has 0 fully saturated rings. The van der Waals surface area contributed by atoms with Crippen LogP contribution in [-0.2, 0) is 4.79 Å². The van der Waals surface area contributed by atoms with Crippen LogP contribution in [-0.4, -0.2) is 12.0 Å². The maximum absolute atomic E-state index is 10.4. The van der Waals surface area contributed by atoms with Gasteiger partial charge in [-0.25, -0.2) is 4.99 Å². The molecule has 0 aliphatic carbocycles. The largest absolute Gasteiger partial charge is 0.293 e. The van der Waals surface area contributed by atoms with Crippen LogP contribution in [0.3, 0.4) is 0 Å². The summed E-state index contributed by atoms with van der Waals surface area (Å²) >= 11 is 2.08. The molecule has 3 heteroatoms. The van der Waals surface area contributed by atoms with E-state index < -0.39 is 0 Å². The highest BCUT2D eigenvalue weighted by Gasteiger charge is 1.99. The van der Waals surface area contributed by atoms with E-state index in [2.05, 4.69) is 27.6 Å². The van der Waals surface area contributed by atoms with E-state index in [1.165, 1.54) is 6.21 Å². The molecular weight excluding hydrogens is 217 g/mol. The summed E-state index contributed by atoms with van der Waals surface area (Å²) < 4.78 is 0.905. The van der Waals surface area contributed by atoms with Crippen LogP contribution in [0, 0.1) is 0 Å². The minimum atomic E-state index is 0.0883. The van der Waals surface area contributed by atoms with Crippen molar-refractivity contribution in [3.8, 4) is 0 Å². The first-order valence-electron chi connectivity index (χ1n) is 2.21. The molecule has 8 heavy (non-hydrogen) atoms.